The maximum atomic E-state index is 12.6. The average Bonchev–Trinajstić information content (AvgIpc) is 2.62. The molecule has 0 aliphatic heterocycles. The summed E-state index contributed by atoms with van der Waals surface area (Å²) < 4.78 is 10.6. The molecule has 0 spiro atoms. The van der Waals surface area contributed by atoms with E-state index in [1.165, 1.54) is 19.2 Å². The molecule has 138 valence electrons. The molecule has 5 nitrogen and oxygen atoms in total. The fourth-order valence-corrected chi connectivity index (χ4v) is 2.69. The van der Waals surface area contributed by atoms with Crippen LogP contribution in [-0.2, 0) is 9.53 Å². The molecule has 0 bridgehead atoms. The van der Waals surface area contributed by atoms with E-state index in [-0.39, 0.29) is 16.5 Å². The van der Waals surface area contributed by atoms with Gasteiger partial charge in [-0.15, -0.1) is 0 Å². The second kappa shape index (κ2) is 8.72. The normalized spacial score (nSPS) is 11.6. The number of anilines is 1. The zero-order valence-electron chi connectivity index (χ0n) is 15.3. The Balaban J connectivity index is 2.15. The lowest BCUT2D eigenvalue weighted by atomic mass is 10.1. The summed E-state index contributed by atoms with van der Waals surface area (Å²) in [5.41, 5.74) is 2.73. The Hall–Kier alpha value is -2.53. The lowest BCUT2D eigenvalue weighted by Crippen LogP contribution is -2.32. The summed E-state index contributed by atoms with van der Waals surface area (Å²) in [7, 11) is 1.27. The molecule has 0 saturated heterocycles. The van der Waals surface area contributed by atoms with Crippen LogP contribution >= 0.6 is 11.6 Å². The summed E-state index contributed by atoms with van der Waals surface area (Å²) in [6.07, 6.45) is -0.162. The maximum absolute atomic E-state index is 12.6. The summed E-state index contributed by atoms with van der Waals surface area (Å²) in [5.74, 6) is -0.195. The van der Waals surface area contributed by atoms with E-state index in [1.54, 1.807) is 6.07 Å². The first kappa shape index (κ1) is 19.8. The van der Waals surface area contributed by atoms with Crippen LogP contribution in [0.3, 0.4) is 0 Å². The zero-order chi connectivity index (χ0) is 19.3. The van der Waals surface area contributed by atoms with Gasteiger partial charge in [-0.1, -0.05) is 36.2 Å². The molecule has 0 unspecified atom stereocenters. The molecule has 0 fully saturated rings. The number of aryl methyl sites for hydroxylation is 2. The number of esters is 1. The highest BCUT2D eigenvalue weighted by atomic mass is 35.5. The smallest absolute Gasteiger partial charge is 0.339 e. The Labute approximate surface area is 158 Å². The fraction of sp³-hybridized carbons (Fsp3) is 0.300. The molecule has 0 aromatic heterocycles. The molecule has 0 aliphatic rings. The van der Waals surface area contributed by atoms with Crippen molar-refractivity contribution >= 4 is 29.2 Å². The molecular formula is C20H22ClNO4. The van der Waals surface area contributed by atoms with Crippen molar-refractivity contribution in [3.8, 4) is 5.75 Å². The van der Waals surface area contributed by atoms with E-state index in [9.17, 15) is 9.59 Å². The minimum atomic E-state index is -0.659. The van der Waals surface area contributed by atoms with E-state index >= 15 is 0 Å². The lowest BCUT2D eigenvalue weighted by Gasteiger charge is -2.19. The number of nitrogens with one attached hydrogen (secondary N) is 1. The molecule has 0 aliphatic carbocycles. The van der Waals surface area contributed by atoms with Crippen molar-refractivity contribution in [3.63, 3.8) is 0 Å². The first-order chi connectivity index (χ1) is 12.3. The van der Waals surface area contributed by atoms with Crippen LogP contribution in [0.4, 0.5) is 5.69 Å². The molecule has 0 radical (unpaired) electrons. The monoisotopic (exact) mass is 375 g/mol. The van der Waals surface area contributed by atoms with Gasteiger partial charge in [-0.2, -0.15) is 0 Å². The number of rotatable bonds is 6. The average molecular weight is 376 g/mol. The third-order valence-corrected chi connectivity index (χ3v) is 4.23. The predicted molar refractivity (Wildman–Crippen MR) is 102 cm³/mol. The van der Waals surface area contributed by atoms with E-state index in [0.29, 0.717) is 17.9 Å². The van der Waals surface area contributed by atoms with Gasteiger partial charge in [0.05, 0.1) is 17.7 Å². The van der Waals surface area contributed by atoms with Gasteiger partial charge in [0.25, 0.3) is 5.91 Å². The third kappa shape index (κ3) is 4.76. The van der Waals surface area contributed by atoms with Crippen molar-refractivity contribution in [1.82, 2.24) is 0 Å². The van der Waals surface area contributed by atoms with Gasteiger partial charge in [0.1, 0.15) is 5.75 Å². The van der Waals surface area contributed by atoms with Gasteiger partial charge < -0.3 is 14.8 Å². The SMILES string of the molecule is CC[C@@H](Oc1ccc(C)cc1C)C(=O)Nc1ccc(Cl)c(C(=O)OC)c1. The second-order valence-corrected chi connectivity index (χ2v) is 6.37. The largest absolute Gasteiger partial charge is 0.480 e. The van der Waals surface area contributed by atoms with Crippen LogP contribution in [0.15, 0.2) is 36.4 Å². The zero-order valence-corrected chi connectivity index (χ0v) is 16.0. The number of methoxy groups -OCH3 is 1. The van der Waals surface area contributed by atoms with Crippen LogP contribution in [0, 0.1) is 13.8 Å². The molecule has 1 atom stereocenters. The molecule has 26 heavy (non-hydrogen) atoms. The molecule has 0 heterocycles. The molecule has 1 N–H and O–H groups in total. The van der Waals surface area contributed by atoms with Gasteiger partial charge >= 0.3 is 5.97 Å². The summed E-state index contributed by atoms with van der Waals surface area (Å²) in [6.45, 7) is 5.81. The molecule has 2 rings (SSSR count). The van der Waals surface area contributed by atoms with Crippen molar-refractivity contribution in [2.75, 3.05) is 12.4 Å². The topological polar surface area (TPSA) is 64.6 Å². The van der Waals surface area contributed by atoms with Crippen LogP contribution in [0.1, 0.15) is 34.8 Å². The van der Waals surface area contributed by atoms with E-state index in [2.05, 4.69) is 10.1 Å². The minimum absolute atomic E-state index is 0.190. The van der Waals surface area contributed by atoms with E-state index < -0.39 is 12.1 Å². The Morgan fingerprint density at radius 3 is 2.50 bits per heavy atom. The fourth-order valence-electron chi connectivity index (χ4n) is 2.50. The van der Waals surface area contributed by atoms with Crippen LogP contribution < -0.4 is 10.1 Å². The Bertz CT molecular complexity index is 819. The summed E-state index contributed by atoms with van der Waals surface area (Å²) in [5, 5.41) is 3.02. The van der Waals surface area contributed by atoms with Crippen LogP contribution in [-0.4, -0.2) is 25.1 Å². The number of halogens is 1. The Morgan fingerprint density at radius 2 is 1.88 bits per heavy atom. The number of carbonyl (C=O) groups excluding carboxylic acids is 2. The van der Waals surface area contributed by atoms with Crippen molar-refractivity contribution in [3.05, 3.63) is 58.1 Å². The highest BCUT2D eigenvalue weighted by Crippen LogP contribution is 2.23. The molecule has 1 amide bonds. The van der Waals surface area contributed by atoms with Crippen molar-refractivity contribution in [1.29, 1.82) is 0 Å². The van der Waals surface area contributed by atoms with Crippen molar-refractivity contribution < 1.29 is 19.1 Å². The van der Waals surface area contributed by atoms with E-state index in [0.717, 1.165) is 11.1 Å². The summed E-state index contributed by atoms with van der Waals surface area (Å²) in [6, 6.07) is 10.4. The highest BCUT2D eigenvalue weighted by Gasteiger charge is 2.20. The number of amides is 1. The van der Waals surface area contributed by atoms with Crippen LogP contribution in [0.25, 0.3) is 0 Å². The van der Waals surface area contributed by atoms with E-state index in [1.807, 2.05) is 39.0 Å². The number of ether oxygens (including phenoxy) is 2. The predicted octanol–water partition coefficient (Wildman–Crippen LogP) is 4.54. The van der Waals surface area contributed by atoms with Gasteiger partial charge in [0.2, 0.25) is 0 Å². The van der Waals surface area contributed by atoms with Crippen LogP contribution in [0.2, 0.25) is 5.02 Å². The first-order valence-electron chi connectivity index (χ1n) is 8.28. The third-order valence-electron chi connectivity index (χ3n) is 3.90. The van der Waals surface area contributed by atoms with Gasteiger partial charge in [-0.25, -0.2) is 4.79 Å². The molecular weight excluding hydrogens is 354 g/mol. The summed E-state index contributed by atoms with van der Waals surface area (Å²) in [4.78, 5) is 24.3. The number of hydrogen-bond acceptors (Lipinski definition) is 4. The standard InChI is InChI=1S/C20H22ClNO4/c1-5-17(26-18-9-6-12(2)10-13(18)3)19(23)22-14-7-8-16(21)15(11-14)20(24)25-4/h6-11,17H,5H2,1-4H3,(H,22,23)/t17-/m1/s1. The van der Waals surface area contributed by atoms with Gasteiger partial charge in [0.15, 0.2) is 6.10 Å². The van der Waals surface area contributed by atoms with Crippen LogP contribution in [0.5, 0.6) is 5.75 Å². The maximum Gasteiger partial charge on any atom is 0.339 e. The van der Waals surface area contributed by atoms with Gasteiger partial charge in [-0.3, -0.25) is 4.79 Å². The van der Waals surface area contributed by atoms with Crippen molar-refractivity contribution in [2.24, 2.45) is 0 Å². The number of benzene rings is 2. The number of carbonyl (C=O) groups is 2. The molecule has 2 aromatic carbocycles. The van der Waals surface area contributed by atoms with Gasteiger partial charge in [0, 0.05) is 5.69 Å². The first-order valence-corrected chi connectivity index (χ1v) is 8.66. The van der Waals surface area contributed by atoms with Crippen molar-refractivity contribution in [2.45, 2.75) is 33.3 Å². The lowest BCUT2D eigenvalue weighted by molar-refractivity contribution is -0.122. The minimum Gasteiger partial charge on any atom is -0.480 e. The van der Waals surface area contributed by atoms with E-state index in [4.69, 9.17) is 16.3 Å². The quantitative estimate of drug-likeness (QED) is 0.753. The molecule has 0 saturated carbocycles. The second-order valence-electron chi connectivity index (χ2n) is 5.96. The number of hydrogen-bond donors (Lipinski definition) is 1. The Morgan fingerprint density at radius 1 is 1.15 bits per heavy atom. The molecule has 2 aromatic rings. The Kier molecular flexibility index (Phi) is 6.64. The summed E-state index contributed by atoms with van der Waals surface area (Å²) >= 11 is 6.00. The van der Waals surface area contributed by atoms with Gasteiger partial charge in [-0.05, 0) is 50.1 Å². The molecule has 6 heteroatoms. The highest BCUT2D eigenvalue weighted by molar-refractivity contribution is 6.33.